The number of halogens is 1. The topological polar surface area (TPSA) is 36.4 Å². The smallest absolute Gasteiger partial charge is 0.191 e. The van der Waals surface area contributed by atoms with Gasteiger partial charge in [0.1, 0.15) is 0 Å². The van der Waals surface area contributed by atoms with E-state index in [0.29, 0.717) is 6.54 Å². The summed E-state index contributed by atoms with van der Waals surface area (Å²) in [4.78, 5) is 5.26. The third-order valence-corrected chi connectivity index (χ3v) is 3.32. The average Bonchev–Trinajstić information content (AvgIpc) is 2.40. The van der Waals surface area contributed by atoms with E-state index < -0.39 is 0 Å². The van der Waals surface area contributed by atoms with Crippen LogP contribution in [0.3, 0.4) is 0 Å². The standard InChI is InChI=1S/C13H16ClN3S/c1-3-8-16-13(15-2)17-9-10-18-12-6-4-11(14)5-7-12/h1,4-7H,8-10H2,2H3,(H2,15,16,17). The summed E-state index contributed by atoms with van der Waals surface area (Å²) in [5.74, 6) is 4.17. The maximum absolute atomic E-state index is 5.82. The maximum atomic E-state index is 5.82. The van der Waals surface area contributed by atoms with E-state index in [1.54, 1.807) is 18.8 Å². The highest BCUT2D eigenvalue weighted by atomic mass is 35.5. The summed E-state index contributed by atoms with van der Waals surface area (Å²) in [6.07, 6.45) is 5.16. The molecule has 0 saturated heterocycles. The van der Waals surface area contributed by atoms with Crippen LogP contribution in [0.5, 0.6) is 0 Å². The molecule has 0 fully saturated rings. The minimum absolute atomic E-state index is 0.476. The number of hydrogen-bond acceptors (Lipinski definition) is 2. The molecule has 0 heterocycles. The summed E-state index contributed by atoms with van der Waals surface area (Å²) in [7, 11) is 1.72. The summed E-state index contributed by atoms with van der Waals surface area (Å²) in [6, 6.07) is 7.81. The number of rotatable bonds is 5. The van der Waals surface area contributed by atoms with Crippen LogP contribution in [0.4, 0.5) is 0 Å². The molecular formula is C13H16ClN3S. The SMILES string of the molecule is C#CCNC(=NC)NCCSc1ccc(Cl)cc1. The van der Waals surface area contributed by atoms with Gasteiger partial charge < -0.3 is 10.6 Å². The Morgan fingerprint density at radius 2 is 2.11 bits per heavy atom. The van der Waals surface area contributed by atoms with Gasteiger partial charge in [-0.05, 0) is 24.3 Å². The van der Waals surface area contributed by atoms with Crippen molar-refractivity contribution in [2.75, 3.05) is 25.9 Å². The minimum Gasteiger partial charge on any atom is -0.356 e. The molecule has 1 aromatic rings. The van der Waals surface area contributed by atoms with Crippen molar-refractivity contribution >= 4 is 29.3 Å². The van der Waals surface area contributed by atoms with Crippen LogP contribution in [0.2, 0.25) is 5.02 Å². The van der Waals surface area contributed by atoms with Crippen molar-refractivity contribution in [3.63, 3.8) is 0 Å². The molecule has 3 nitrogen and oxygen atoms in total. The molecule has 96 valence electrons. The van der Waals surface area contributed by atoms with Gasteiger partial charge in [0.2, 0.25) is 0 Å². The van der Waals surface area contributed by atoms with E-state index >= 15 is 0 Å². The van der Waals surface area contributed by atoms with Crippen molar-refractivity contribution in [2.24, 2.45) is 4.99 Å². The predicted molar refractivity (Wildman–Crippen MR) is 80.4 cm³/mol. The van der Waals surface area contributed by atoms with Crippen LogP contribution in [-0.4, -0.2) is 31.8 Å². The minimum atomic E-state index is 0.476. The van der Waals surface area contributed by atoms with Gasteiger partial charge in [-0.1, -0.05) is 17.5 Å². The Labute approximate surface area is 117 Å². The van der Waals surface area contributed by atoms with Crippen molar-refractivity contribution < 1.29 is 0 Å². The van der Waals surface area contributed by atoms with Gasteiger partial charge in [0.15, 0.2) is 5.96 Å². The molecule has 0 radical (unpaired) electrons. The highest BCUT2D eigenvalue weighted by Gasteiger charge is 1.97. The second-order valence-corrected chi connectivity index (χ2v) is 4.96. The quantitative estimate of drug-likeness (QED) is 0.286. The molecule has 0 aromatic heterocycles. The van der Waals surface area contributed by atoms with Crippen molar-refractivity contribution in [3.8, 4) is 12.3 Å². The van der Waals surface area contributed by atoms with E-state index in [2.05, 4.69) is 21.5 Å². The van der Waals surface area contributed by atoms with E-state index in [1.165, 1.54) is 4.90 Å². The Hall–Kier alpha value is -1.31. The Kier molecular flexibility index (Phi) is 7.16. The summed E-state index contributed by atoms with van der Waals surface area (Å²) in [5, 5.41) is 6.94. The first-order valence-electron chi connectivity index (χ1n) is 5.52. The molecule has 0 unspecified atom stereocenters. The van der Waals surface area contributed by atoms with Crippen molar-refractivity contribution in [2.45, 2.75) is 4.90 Å². The number of terminal acetylenes is 1. The molecule has 5 heteroatoms. The summed E-state index contributed by atoms with van der Waals surface area (Å²) in [6.45, 7) is 1.29. The predicted octanol–water partition coefficient (Wildman–Crippen LogP) is 2.23. The van der Waals surface area contributed by atoms with Crippen molar-refractivity contribution in [1.82, 2.24) is 10.6 Å². The van der Waals surface area contributed by atoms with Crippen LogP contribution in [-0.2, 0) is 0 Å². The highest BCUT2D eigenvalue weighted by Crippen LogP contribution is 2.19. The molecule has 1 aromatic carbocycles. The number of thioether (sulfide) groups is 1. The lowest BCUT2D eigenvalue weighted by Crippen LogP contribution is -2.38. The summed E-state index contributed by atoms with van der Waals surface area (Å²) >= 11 is 7.58. The van der Waals surface area contributed by atoms with Crippen LogP contribution < -0.4 is 10.6 Å². The van der Waals surface area contributed by atoms with Crippen LogP contribution in [0, 0.1) is 12.3 Å². The number of nitrogens with zero attached hydrogens (tertiary/aromatic N) is 1. The van der Waals surface area contributed by atoms with Gasteiger partial charge in [0.25, 0.3) is 0 Å². The molecule has 18 heavy (non-hydrogen) atoms. The fourth-order valence-electron chi connectivity index (χ4n) is 1.22. The molecule has 0 aliphatic heterocycles. The summed E-state index contributed by atoms with van der Waals surface area (Å²) in [5.41, 5.74) is 0. The van der Waals surface area contributed by atoms with E-state index in [4.69, 9.17) is 18.0 Å². The molecule has 0 amide bonds. The molecule has 0 atom stereocenters. The number of aliphatic imine (C=N–C) groups is 1. The van der Waals surface area contributed by atoms with Crippen molar-refractivity contribution in [1.29, 1.82) is 0 Å². The van der Waals surface area contributed by atoms with Crippen LogP contribution in [0.25, 0.3) is 0 Å². The van der Waals surface area contributed by atoms with E-state index in [1.807, 2.05) is 24.3 Å². The second-order valence-electron chi connectivity index (χ2n) is 3.36. The zero-order valence-corrected chi connectivity index (χ0v) is 11.8. The molecular weight excluding hydrogens is 266 g/mol. The molecule has 0 aliphatic carbocycles. The fourth-order valence-corrected chi connectivity index (χ4v) is 2.12. The molecule has 0 spiro atoms. The highest BCUT2D eigenvalue weighted by molar-refractivity contribution is 7.99. The van der Waals surface area contributed by atoms with Gasteiger partial charge in [0.05, 0.1) is 6.54 Å². The van der Waals surface area contributed by atoms with E-state index in [0.717, 1.165) is 23.3 Å². The Morgan fingerprint density at radius 3 is 2.72 bits per heavy atom. The third kappa shape index (κ3) is 5.85. The molecule has 0 bridgehead atoms. The molecule has 0 aliphatic rings. The van der Waals surface area contributed by atoms with Gasteiger partial charge in [-0.2, -0.15) is 0 Å². The average molecular weight is 282 g/mol. The van der Waals surface area contributed by atoms with Gasteiger partial charge in [-0.15, -0.1) is 18.2 Å². The van der Waals surface area contributed by atoms with Gasteiger partial charge >= 0.3 is 0 Å². The Morgan fingerprint density at radius 1 is 1.39 bits per heavy atom. The normalized spacial score (nSPS) is 10.8. The number of hydrogen-bond donors (Lipinski definition) is 2. The lowest BCUT2D eigenvalue weighted by atomic mass is 10.4. The largest absolute Gasteiger partial charge is 0.356 e. The first-order valence-corrected chi connectivity index (χ1v) is 6.89. The van der Waals surface area contributed by atoms with Gasteiger partial charge in [0, 0.05) is 29.3 Å². The van der Waals surface area contributed by atoms with Crippen molar-refractivity contribution in [3.05, 3.63) is 29.3 Å². The molecule has 2 N–H and O–H groups in total. The monoisotopic (exact) mass is 281 g/mol. The second kappa shape index (κ2) is 8.73. The lowest BCUT2D eigenvalue weighted by molar-refractivity contribution is 0.891. The molecule has 0 saturated carbocycles. The van der Waals surface area contributed by atoms with Crippen LogP contribution in [0.15, 0.2) is 34.2 Å². The van der Waals surface area contributed by atoms with E-state index in [9.17, 15) is 0 Å². The molecule has 1 rings (SSSR count). The number of benzene rings is 1. The van der Waals surface area contributed by atoms with Crippen LogP contribution in [0.1, 0.15) is 0 Å². The fraction of sp³-hybridized carbons (Fsp3) is 0.308. The zero-order chi connectivity index (χ0) is 13.2. The first kappa shape index (κ1) is 14.7. The first-order chi connectivity index (χ1) is 8.76. The lowest BCUT2D eigenvalue weighted by Gasteiger charge is -2.09. The third-order valence-electron chi connectivity index (χ3n) is 2.06. The Bertz CT molecular complexity index is 423. The Balaban J connectivity index is 2.22. The van der Waals surface area contributed by atoms with Crippen LogP contribution >= 0.6 is 23.4 Å². The van der Waals surface area contributed by atoms with Gasteiger partial charge in [-0.25, -0.2) is 0 Å². The van der Waals surface area contributed by atoms with Gasteiger partial charge in [-0.3, -0.25) is 4.99 Å². The number of guanidine groups is 1. The zero-order valence-electron chi connectivity index (χ0n) is 10.2. The van der Waals surface area contributed by atoms with E-state index in [-0.39, 0.29) is 0 Å². The number of nitrogens with one attached hydrogen (secondary N) is 2. The summed E-state index contributed by atoms with van der Waals surface area (Å²) < 4.78 is 0. The maximum Gasteiger partial charge on any atom is 0.191 e.